The molecule has 2 unspecified atom stereocenters. The van der Waals surface area contributed by atoms with Gasteiger partial charge in [0.15, 0.2) is 11.5 Å². The molecule has 2 amide bonds. The summed E-state index contributed by atoms with van der Waals surface area (Å²) in [6.45, 7) is 0.116. The third-order valence-electron chi connectivity index (χ3n) is 3.75. The lowest BCUT2D eigenvalue weighted by atomic mass is 9.94. The number of nitrogens with one attached hydrogen (secondary N) is 2. The highest BCUT2D eigenvalue weighted by atomic mass is 16.6. The fourth-order valence-corrected chi connectivity index (χ4v) is 2.49. The first-order valence-electron chi connectivity index (χ1n) is 7.37. The van der Waals surface area contributed by atoms with Gasteiger partial charge in [0.1, 0.15) is 6.61 Å². The van der Waals surface area contributed by atoms with E-state index in [-0.39, 0.29) is 18.4 Å². The molecular formula is C16H18N2O4. The molecule has 0 saturated carbocycles. The number of fused-ring (bicyclic) bond motifs is 1. The summed E-state index contributed by atoms with van der Waals surface area (Å²) in [5.74, 6) is 0.459. The van der Waals surface area contributed by atoms with Gasteiger partial charge in [-0.25, -0.2) is 0 Å². The zero-order chi connectivity index (χ0) is 15.4. The molecule has 2 N–H and O–H groups in total. The lowest BCUT2D eigenvalue weighted by Crippen LogP contribution is -2.52. The van der Waals surface area contributed by atoms with Crippen LogP contribution in [-0.4, -0.2) is 24.5 Å². The number of hydrogen-bond acceptors (Lipinski definition) is 4. The van der Waals surface area contributed by atoms with Crippen LogP contribution >= 0.6 is 0 Å². The minimum absolute atomic E-state index is 0.0884. The number of carbonyl (C=O) groups is 2. The van der Waals surface area contributed by atoms with E-state index < -0.39 is 12.0 Å². The van der Waals surface area contributed by atoms with Crippen molar-refractivity contribution in [2.75, 3.05) is 6.61 Å². The fraction of sp³-hybridized carbons (Fsp3) is 0.375. The second-order valence-corrected chi connectivity index (χ2v) is 5.32. The molecule has 6 heteroatoms. The molecule has 0 fully saturated rings. The van der Waals surface area contributed by atoms with Gasteiger partial charge in [-0.15, -0.1) is 0 Å². The van der Waals surface area contributed by atoms with Crippen molar-refractivity contribution in [3.8, 4) is 11.5 Å². The zero-order valence-electron chi connectivity index (χ0n) is 12.1. The summed E-state index contributed by atoms with van der Waals surface area (Å²) >= 11 is 0. The van der Waals surface area contributed by atoms with E-state index in [4.69, 9.17) is 9.47 Å². The molecule has 0 spiro atoms. The van der Waals surface area contributed by atoms with Crippen LogP contribution in [0.3, 0.4) is 0 Å². The molecule has 1 aromatic rings. The molecule has 6 nitrogen and oxygen atoms in total. The first kappa shape index (κ1) is 14.4. The Morgan fingerprint density at radius 2 is 1.82 bits per heavy atom. The summed E-state index contributed by atoms with van der Waals surface area (Å²) in [6, 6.07) is 7.16. The largest absolute Gasteiger partial charge is 0.485 e. The van der Waals surface area contributed by atoms with Crippen molar-refractivity contribution in [1.82, 2.24) is 10.9 Å². The molecule has 1 heterocycles. The zero-order valence-corrected chi connectivity index (χ0v) is 12.1. The SMILES string of the molecule is O=C(NNC(=O)C1COc2ccccc2O1)C1CC=CCC1. The van der Waals surface area contributed by atoms with E-state index >= 15 is 0 Å². The topological polar surface area (TPSA) is 76.7 Å². The van der Waals surface area contributed by atoms with Crippen LogP contribution < -0.4 is 20.3 Å². The minimum atomic E-state index is -0.776. The molecule has 3 rings (SSSR count). The first-order valence-corrected chi connectivity index (χ1v) is 7.37. The molecule has 0 radical (unpaired) electrons. The van der Waals surface area contributed by atoms with Crippen LogP contribution in [0.25, 0.3) is 0 Å². The smallest absolute Gasteiger partial charge is 0.283 e. The molecule has 22 heavy (non-hydrogen) atoms. The Balaban J connectivity index is 1.50. The average molecular weight is 302 g/mol. The number of benzene rings is 1. The monoisotopic (exact) mass is 302 g/mol. The van der Waals surface area contributed by atoms with Gasteiger partial charge >= 0.3 is 0 Å². The van der Waals surface area contributed by atoms with Crippen molar-refractivity contribution >= 4 is 11.8 Å². The second kappa shape index (κ2) is 6.51. The summed E-state index contributed by atoms with van der Waals surface area (Å²) < 4.78 is 11.0. The van der Waals surface area contributed by atoms with Crippen molar-refractivity contribution < 1.29 is 19.1 Å². The molecule has 0 bridgehead atoms. The summed E-state index contributed by atoms with van der Waals surface area (Å²) in [4.78, 5) is 24.0. The van der Waals surface area contributed by atoms with E-state index in [1.165, 1.54) is 0 Å². The van der Waals surface area contributed by atoms with Crippen molar-refractivity contribution in [3.63, 3.8) is 0 Å². The third-order valence-corrected chi connectivity index (χ3v) is 3.75. The van der Waals surface area contributed by atoms with Crippen molar-refractivity contribution in [1.29, 1.82) is 0 Å². The summed E-state index contributed by atoms with van der Waals surface area (Å²) in [5, 5.41) is 0. The van der Waals surface area contributed by atoms with Gasteiger partial charge in [-0.2, -0.15) is 0 Å². The van der Waals surface area contributed by atoms with Crippen molar-refractivity contribution in [3.05, 3.63) is 36.4 Å². The Kier molecular flexibility index (Phi) is 4.27. The molecule has 116 valence electrons. The van der Waals surface area contributed by atoms with E-state index in [1.54, 1.807) is 18.2 Å². The Bertz CT molecular complexity index is 600. The quantitative estimate of drug-likeness (QED) is 0.638. The van der Waals surface area contributed by atoms with Gasteiger partial charge in [-0.3, -0.25) is 20.4 Å². The van der Waals surface area contributed by atoms with Crippen molar-refractivity contribution in [2.24, 2.45) is 5.92 Å². The highest BCUT2D eigenvalue weighted by molar-refractivity contribution is 5.86. The summed E-state index contributed by atoms with van der Waals surface area (Å²) in [6.07, 6.45) is 5.67. The van der Waals surface area contributed by atoms with Gasteiger partial charge in [-0.05, 0) is 31.4 Å². The molecule has 1 aromatic carbocycles. The fourth-order valence-electron chi connectivity index (χ4n) is 2.49. The van der Waals surface area contributed by atoms with Crippen LogP contribution in [0.4, 0.5) is 0 Å². The number of amides is 2. The van der Waals surface area contributed by atoms with Crippen LogP contribution in [0.5, 0.6) is 11.5 Å². The van der Waals surface area contributed by atoms with Gasteiger partial charge in [0.25, 0.3) is 5.91 Å². The predicted octanol–water partition coefficient (Wildman–Crippen LogP) is 1.33. The van der Waals surface area contributed by atoms with Gasteiger partial charge in [-0.1, -0.05) is 24.3 Å². The van der Waals surface area contributed by atoms with Crippen LogP contribution in [0, 0.1) is 5.92 Å². The first-order chi connectivity index (χ1) is 10.7. The van der Waals surface area contributed by atoms with Gasteiger partial charge in [0, 0.05) is 5.92 Å². The predicted molar refractivity (Wildman–Crippen MR) is 79.1 cm³/mol. The third kappa shape index (κ3) is 3.21. The number of hydrazine groups is 1. The number of allylic oxidation sites excluding steroid dienone is 2. The van der Waals surface area contributed by atoms with Crippen LogP contribution in [0.2, 0.25) is 0 Å². The van der Waals surface area contributed by atoms with E-state index in [2.05, 4.69) is 16.9 Å². The van der Waals surface area contributed by atoms with E-state index in [0.29, 0.717) is 17.9 Å². The van der Waals surface area contributed by atoms with Gasteiger partial charge in [0.2, 0.25) is 12.0 Å². The average Bonchev–Trinajstić information content (AvgIpc) is 2.59. The lowest BCUT2D eigenvalue weighted by Gasteiger charge is -2.26. The highest BCUT2D eigenvalue weighted by Crippen LogP contribution is 2.30. The lowest BCUT2D eigenvalue weighted by molar-refractivity contribution is -0.136. The Morgan fingerprint density at radius 3 is 2.59 bits per heavy atom. The molecule has 1 aliphatic carbocycles. The van der Waals surface area contributed by atoms with Crippen LogP contribution in [-0.2, 0) is 9.59 Å². The summed E-state index contributed by atoms with van der Waals surface area (Å²) in [5.41, 5.74) is 4.88. The Hall–Kier alpha value is -2.50. The van der Waals surface area contributed by atoms with Crippen LogP contribution in [0.1, 0.15) is 19.3 Å². The Labute approximate surface area is 128 Å². The number of ether oxygens (including phenoxy) is 2. The standard InChI is InChI=1S/C16H18N2O4/c19-15(11-6-2-1-3-7-11)17-18-16(20)14-10-21-12-8-4-5-9-13(12)22-14/h1-2,4-5,8-9,11,14H,3,6-7,10H2,(H,17,19)(H,18,20). The van der Waals surface area contributed by atoms with E-state index in [9.17, 15) is 9.59 Å². The normalized spacial score (nSPS) is 22.7. The molecule has 1 aliphatic heterocycles. The molecule has 0 aromatic heterocycles. The molecule has 2 aliphatic rings. The van der Waals surface area contributed by atoms with E-state index in [1.807, 2.05) is 12.1 Å². The Morgan fingerprint density at radius 1 is 1.05 bits per heavy atom. The van der Waals surface area contributed by atoms with Gasteiger partial charge < -0.3 is 9.47 Å². The molecule has 2 atom stereocenters. The molecular weight excluding hydrogens is 284 g/mol. The number of hydrogen-bond donors (Lipinski definition) is 2. The van der Waals surface area contributed by atoms with Gasteiger partial charge in [0.05, 0.1) is 0 Å². The second-order valence-electron chi connectivity index (χ2n) is 5.32. The van der Waals surface area contributed by atoms with Crippen molar-refractivity contribution in [2.45, 2.75) is 25.4 Å². The molecule has 0 saturated heterocycles. The highest BCUT2D eigenvalue weighted by Gasteiger charge is 2.28. The minimum Gasteiger partial charge on any atom is -0.485 e. The maximum atomic E-state index is 12.1. The maximum Gasteiger partial charge on any atom is 0.283 e. The van der Waals surface area contributed by atoms with Crippen LogP contribution in [0.15, 0.2) is 36.4 Å². The maximum absolute atomic E-state index is 12.1. The van der Waals surface area contributed by atoms with E-state index in [0.717, 1.165) is 12.8 Å². The number of rotatable bonds is 2. The number of carbonyl (C=O) groups excluding carboxylic acids is 2. The summed E-state index contributed by atoms with van der Waals surface area (Å²) in [7, 11) is 0. The number of para-hydroxylation sites is 2.